The van der Waals surface area contributed by atoms with E-state index >= 15 is 0 Å². The minimum Gasteiger partial charge on any atom is -0.368 e. The van der Waals surface area contributed by atoms with Crippen molar-refractivity contribution in [2.45, 2.75) is 31.7 Å². The summed E-state index contributed by atoms with van der Waals surface area (Å²) in [5.74, 6) is -1.03. The molecule has 0 spiro atoms. The van der Waals surface area contributed by atoms with Gasteiger partial charge in [0.25, 0.3) is 0 Å². The fourth-order valence-corrected chi connectivity index (χ4v) is 2.97. The van der Waals surface area contributed by atoms with E-state index in [-0.39, 0.29) is 35.5 Å². The van der Waals surface area contributed by atoms with Gasteiger partial charge in [0, 0.05) is 11.7 Å². The predicted octanol–water partition coefficient (Wildman–Crippen LogP) is 2.06. The van der Waals surface area contributed by atoms with Crippen LogP contribution in [0, 0.1) is 5.82 Å². The van der Waals surface area contributed by atoms with Crippen LogP contribution in [0.3, 0.4) is 0 Å². The zero-order chi connectivity index (χ0) is 19.5. The van der Waals surface area contributed by atoms with Crippen LogP contribution in [0.1, 0.15) is 36.4 Å². The summed E-state index contributed by atoms with van der Waals surface area (Å²) >= 11 is 0. The predicted molar refractivity (Wildman–Crippen MR) is 96.9 cm³/mol. The number of nitrogens with one attached hydrogen (secondary N) is 2. The molecule has 1 aromatic carbocycles. The van der Waals surface area contributed by atoms with Crippen LogP contribution in [-0.4, -0.2) is 37.0 Å². The maximum Gasteiger partial charge on any atom is 0.316 e. The summed E-state index contributed by atoms with van der Waals surface area (Å²) in [5.41, 5.74) is 6.15. The second-order valence-corrected chi connectivity index (χ2v) is 6.35. The zero-order valence-electron chi connectivity index (χ0n) is 14.7. The molecule has 1 aliphatic rings. The van der Waals surface area contributed by atoms with Crippen molar-refractivity contribution in [1.82, 2.24) is 30.4 Å². The highest BCUT2D eigenvalue weighted by molar-refractivity contribution is 5.90. The van der Waals surface area contributed by atoms with Crippen molar-refractivity contribution >= 4 is 23.5 Å². The first-order valence-electron chi connectivity index (χ1n) is 8.76. The van der Waals surface area contributed by atoms with Crippen molar-refractivity contribution < 1.29 is 13.7 Å². The molecule has 0 saturated heterocycles. The van der Waals surface area contributed by atoms with E-state index in [4.69, 9.17) is 10.3 Å². The van der Waals surface area contributed by atoms with E-state index in [0.717, 1.165) is 25.7 Å². The normalized spacial score (nSPS) is 14.2. The average molecular weight is 384 g/mol. The van der Waals surface area contributed by atoms with Crippen molar-refractivity contribution in [2.75, 3.05) is 11.1 Å². The average Bonchev–Trinajstić information content (AvgIpc) is 3.33. The first kappa shape index (κ1) is 17.8. The van der Waals surface area contributed by atoms with Crippen molar-refractivity contribution in [3.8, 4) is 11.6 Å². The molecule has 1 amide bonds. The van der Waals surface area contributed by atoms with E-state index in [9.17, 15) is 9.18 Å². The number of amides is 1. The molecule has 3 aromatic rings. The molecular formula is C17H17FN8O2. The molecule has 0 radical (unpaired) electrons. The van der Waals surface area contributed by atoms with Crippen LogP contribution in [0.25, 0.3) is 11.6 Å². The Morgan fingerprint density at radius 1 is 1.14 bits per heavy atom. The second-order valence-electron chi connectivity index (χ2n) is 6.35. The third kappa shape index (κ3) is 4.03. The number of rotatable bonds is 5. The van der Waals surface area contributed by atoms with Gasteiger partial charge in [-0.25, -0.2) is 4.39 Å². The Labute approximate surface area is 158 Å². The highest BCUT2D eigenvalue weighted by atomic mass is 19.1. The van der Waals surface area contributed by atoms with Gasteiger partial charge in [0.15, 0.2) is 0 Å². The number of carbonyl (C=O) groups excluding carboxylic acids is 1. The number of nitrogens with zero attached hydrogens (tertiary/aromatic N) is 5. The largest absolute Gasteiger partial charge is 0.368 e. The summed E-state index contributed by atoms with van der Waals surface area (Å²) in [6.45, 7) is 0. The van der Waals surface area contributed by atoms with Gasteiger partial charge >= 0.3 is 11.8 Å². The number of anilines is 3. The summed E-state index contributed by atoms with van der Waals surface area (Å²) in [7, 11) is 0. The molecule has 2 heterocycles. The summed E-state index contributed by atoms with van der Waals surface area (Å²) in [5, 5.41) is 9.43. The van der Waals surface area contributed by atoms with Crippen molar-refractivity contribution in [3.63, 3.8) is 0 Å². The third-order valence-electron chi connectivity index (χ3n) is 4.24. The van der Waals surface area contributed by atoms with E-state index in [1.54, 1.807) is 6.07 Å². The lowest BCUT2D eigenvalue weighted by Gasteiger charge is -2.08. The van der Waals surface area contributed by atoms with Crippen LogP contribution in [0.4, 0.5) is 22.0 Å². The molecular weight excluding hydrogens is 367 g/mol. The monoisotopic (exact) mass is 384 g/mol. The van der Waals surface area contributed by atoms with Gasteiger partial charge in [0.05, 0.1) is 0 Å². The van der Waals surface area contributed by atoms with Gasteiger partial charge in [-0.15, -0.1) is 0 Å². The van der Waals surface area contributed by atoms with Crippen molar-refractivity contribution in [2.24, 2.45) is 0 Å². The lowest BCUT2D eigenvalue weighted by Crippen LogP contribution is -2.32. The number of carbonyl (C=O) groups is 1. The summed E-state index contributed by atoms with van der Waals surface area (Å²) in [6, 6.07) is 5.90. The fourth-order valence-electron chi connectivity index (χ4n) is 2.97. The van der Waals surface area contributed by atoms with Crippen LogP contribution in [0.2, 0.25) is 0 Å². The van der Waals surface area contributed by atoms with Crippen LogP contribution in [0.15, 0.2) is 28.8 Å². The number of nitrogen functional groups attached to an aromatic ring is 1. The number of hydrogen-bond acceptors (Lipinski definition) is 9. The molecule has 4 N–H and O–H groups in total. The Hall–Kier alpha value is -3.63. The molecule has 1 fully saturated rings. The van der Waals surface area contributed by atoms with Crippen LogP contribution < -0.4 is 16.4 Å². The number of aromatic nitrogens is 5. The Morgan fingerprint density at radius 3 is 2.75 bits per heavy atom. The number of halogens is 1. The molecule has 0 bridgehead atoms. The Balaban J connectivity index is 1.53. The molecule has 10 nitrogen and oxygen atoms in total. The molecule has 28 heavy (non-hydrogen) atoms. The summed E-state index contributed by atoms with van der Waals surface area (Å²) in [4.78, 5) is 28.3. The fraction of sp³-hybridized carbons (Fsp3) is 0.294. The topological polar surface area (TPSA) is 145 Å². The Kier molecular flexibility index (Phi) is 4.79. The molecule has 2 aromatic heterocycles. The first-order valence-corrected chi connectivity index (χ1v) is 8.76. The smallest absolute Gasteiger partial charge is 0.316 e. The van der Waals surface area contributed by atoms with Gasteiger partial charge in [-0.3, -0.25) is 4.79 Å². The first-order chi connectivity index (χ1) is 13.6. The molecule has 0 atom stereocenters. The van der Waals surface area contributed by atoms with Crippen LogP contribution in [-0.2, 0) is 0 Å². The minimum atomic E-state index is -0.439. The summed E-state index contributed by atoms with van der Waals surface area (Å²) < 4.78 is 18.3. The van der Waals surface area contributed by atoms with Gasteiger partial charge < -0.3 is 20.9 Å². The van der Waals surface area contributed by atoms with Crippen LogP contribution in [0.5, 0.6) is 0 Å². The number of benzene rings is 1. The molecule has 4 rings (SSSR count). The van der Waals surface area contributed by atoms with Crippen molar-refractivity contribution in [3.05, 3.63) is 36.0 Å². The van der Waals surface area contributed by atoms with Gasteiger partial charge in [-0.2, -0.15) is 19.9 Å². The van der Waals surface area contributed by atoms with Gasteiger partial charge in [-0.05, 0) is 31.0 Å². The van der Waals surface area contributed by atoms with Gasteiger partial charge in [0.2, 0.25) is 23.5 Å². The van der Waals surface area contributed by atoms with E-state index in [1.165, 1.54) is 18.2 Å². The highest BCUT2D eigenvalue weighted by Crippen LogP contribution is 2.20. The molecule has 1 aliphatic carbocycles. The highest BCUT2D eigenvalue weighted by Gasteiger charge is 2.23. The second kappa shape index (κ2) is 7.55. The van der Waals surface area contributed by atoms with E-state index in [0.29, 0.717) is 5.69 Å². The molecule has 0 aliphatic heterocycles. The van der Waals surface area contributed by atoms with Crippen molar-refractivity contribution in [1.29, 1.82) is 0 Å². The van der Waals surface area contributed by atoms with E-state index in [1.807, 2.05) is 0 Å². The maximum absolute atomic E-state index is 13.3. The van der Waals surface area contributed by atoms with Crippen LogP contribution >= 0.6 is 0 Å². The molecule has 1 saturated carbocycles. The van der Waals surface area contributed by atoms with Gasteiger partial charge in [0.1, 0.15) is 5.82 Å². The quantitative estimate of drug-likeness (QED) is 0.601. The van der Waals surface area contributed by atoms with E-state index in [2.05, 4.69) is 35.7 Å². The maximum atomic E-state index is 13.3. The molecule has 144 valence electrons. The number of hydrogen-bond donors (Lipinski definition) is 3. The Morgan fingerprint density at radius 2 is 1.96 bits per heavy atom. The molecule has 0 unspecified atom stereocenters. The molecule has 11 heteroatoms. The zero-order valence-corrected chi connectivity index (χ0v) is 14.7. The Bertz CT molecular complexity index is 1000. The lowest BCUT2D eigenvalue weighted by atomic mass is 10.2. The lowest BCUT2D eigenvalue weighted by molar-refractivity contribution is 0.0893. The summed E-state index contributed by atoms with van der Waals surface area (Å²) in [6.07, 6.45) is 4.05. The standard InChI is InChI=1S/C17H17FN8O2/c18-9-4-3-7-11(8-9)21-17-24-12(23-16(19)25-17)13-22-15(28-26-13)14(27)20-10-5-1-2-6-10/h3-4,7-8,10H,1-2,5-6H2,(H,20,27)(H3,19,21,23,24,25). The van der Waals surface area contributed by atoms with E-state index < -0.39 is 11.7 Å². The minimum absolute atomic E-state index is 0.00651. The van der Waals surface area contributed by atoms with Gasteiger partial charge in [-0.1, -0.05) is 24.1 Å². The number of nitrogens with two attached hydrogens (primary N) is 1. The SMILES string of the molecule is Nc1nc(Nc2cccc(F)c2)nc(-c2noc(C(=O)NC3CCCC3)n2)n1. The third-order valence-corrected chi connectivity index (χ3v) is 4.24.